The highest BCUT2D eigenvalue weighted by Crippen LogP contribution is 2.52. The van der Waals surface area contributed by atoms with Crippen molar-refractivity contribution in [3.05, 3.63) is 91.4 Å². The maximum atomic E-state index is 11.9. The largest absolute Gasteiger partial charge is 0.376 e. The molecule has 1 aliphatic rings. The summed E-state index contributed by atoms with van der Waals surface area (Å²) in [5, 5.41) is 11.9. The van der Waals surface area contributed by atoms with Crippen molar-refractivity contribution in [2.75, 3.05) is 0 Å². The first-order chi connectivity index (χ1) is 11.4. The number of halogens is 2. The van der Waals surface area contributed by atoms with E-state index in [4.69, 9.17) is 0 Å². The molecule has 0 aromatic heterocycles. The van der Waals surface area contributed by atoms with Crippen molar-refractivity contribution in [2.24, 2.45) is 0 Å². The zero-order valence-electron chi connectivity index (χ0n) is 13.4. The van der Waals surface area contributed by atoms with E-state index in [1.807, 2.05) is 24.3 Å². The van der Waals surface area contributed by atoms with Crippen molar-refractivity contribution in [1.82, 2.24) is 0 Å². The first-order valence-corrected chi connectivity index (χ1v) is 9.40. The molecule has 0 aliphatic heterocycles. The van der Waals surface area contributed by atoms with Crippen molar-refractivity contribution >= 4 is 31.9 Å². The molecule has 1 aliphatic carbocycles. The molecule has 0 unspecified atom stereocenters. The quantitative estimate of drug-likeness (QED) is 0.482. The third-order valence-corrected chi connectivity index (χ3v) is 5.66. The predicted octanol–water partition coefficient (Wildman–Crippen LogP) is 6.09. The molecule has 0 amide bonds. The fraction of sp³-hybridized carbons (Fsp3) is 0.143. The first kappa shape index (κ1) is 16.1. The lowest BCUT2D eigenvalue weighted by molar-refractivity contribution is 0.130. The van der Waals surface area contributed by atoms with Crippen LogP contribution >= 0.6 is 31.9 Å². The van der Waals surface area contributed by atoms with Gasteiger partial charge in [0.15, 0.2) is 0 Å². The second kappa shape index (κ2) is 5.55. The lowest BCUT2D eigenvalue weighted by Crippen LogP contribution is -2.26. The van der Waals surface area contributed by atoms with Crippen molar-refractivity contribution in [1.29, 1.82) is 0 Å². The van der Waals surface area contributed by atoms with Crippen molar-refractivity contribution in [3.63, 3.8) is 0 Å². The normalized spacial score (nSPS) is 14.4. The van der Waals surface area contributed by atoms with Crippen molar-refractivity contribution < 1.29 is 5.11 Å². The number of hydrogen-bond acceptors (Lipinski definition) is 1. The summed E-state index contributed by atoms with van der Waals surface area (Å²) in [6.07, 6.45) is 0. The predicted molar refractivity (Wildman–Crippen MR) is 105 cm³/mol. The van der Waals surface area contributed by atoms with Gasteiger partial charge in [-0.2, -0.15) is 0 Å². The molecule has 3 aromatic rings. The van der Waals surface area contributed by atoms with Gasteiger partial charge >= 0.3 is 0 Å². The Balaban J connectivity index is 2.11. The molecule has 3 heteroatoms. The van der Waals surface area contributed by atoms with E-state index in [0.717, 1.165) is 47.9 Å². The highest BCUT2D eigenvalue weighted by Gasteiger charge is 2.43. The molecule has 0 atom stereocenters. The number of aliphatic hydroxyl groups is 1. The van der Waals surface area contributed by atoms with Crippen molar-refractivity contribution in [2.45, 2.75) is 19.4 Å². The van der Waals surface area contributed by atoms with Crippen LogP contribution in [-0.2, 0) is 5.60 Å². The molecule has 1 nitrogen and oxygen atoms in total. The van der Waals surface area contributed by atoms with Crippen LogP contribution in [0.15, 0.2) is 63.5 Å². The average molecular weight is 444 g/mol. The number of benzene rings is 3. The minimum Gasteiger partial charge on any atom is -0.376 e. The summed E-state index contributed by atoms with van der Waals surface area (Å²) >= 11 is 7.11. The maximum absolute atomic E-state index is 11.9. The molecule has 24 heavy (non-hydrogen) atoms. The molecule has 1 N–H and O–H groups in total. The summed E-state index contributed by atoms with van der Waals surface area (Å²) in [5.41, 5.74) is 6.09. The molecule has 0 heterocycles. The lowest BCUT2D eigenvalue weighted by Gasteiger charge is -2.27. The summed E-state index contributed by atoms with van der Waals surface area (Å²) in [5.74, 6) is 0. The van der Waals surface area contributed by atoms with E-state index in [2.05, 4.69) is 76.0 Å². The Morgan fingerprint density at radius 2 is 1.17 bits per heavy atom. The highest BCUT2D eigenvalue weighted by molar-refractivity contribution is 9.10. The van der Waals surface area contributed by atoms with Gasteiger partial charge < -0.3 is 5.11 Å². The number of rotatable bonds is 1. The summed E-state index contributed by atoms with van der Waals surface area (Å²) < 4.78 is 1.94. The summed E-state index contributed by atoms with van der Waals surface area (Å²) in [7, 11) is 0. The van der Waals surface area contributed by atoms with E-state index in [0.29, 0.717) is 0 Å². The Labute approximate surface area is 158 Å². The van der Waals surface area contributed by atoms with E-state index in [-0.39, 0.29) is 0 Å². The zero-order valence-corrected chi connectivity index (χ0v) is 16.6. The van der Waals surface area contributed by atoms with Crippen LogP contribution in [0.2, 0.25) is 0 Å². The third-order valence-electron chi connectivity index (χ3n) is 4.67. The van der Waals surface area contributed by atoms with E-state index in [9.17, 15) is 5.11 Å². The molecular weight excluding hydrogens is 428 g/mol. The van der Waals surface area contributed by atoms with Gasteiger partial charge in [0.1, 0.15) is 5.60 Å². The molecule has 0 bridgehead atoms. The molecular formula is C21H16Br2O. The molecule has 0 spiro atoms. The van der Waals surface area contributed by atoms with Gasteiger partial charge in [-0.15, -0.1) is 0 Å². The van der Waals surface area contributed by atoms with E-state index < -0.39 is 5.60 Å². The number of hydrogen-bond donors (Lipinski definition) is 1. The Kier molecular flexibility index (Phi) is 3.72. The topological polar surface area (TPSA) is 20.2 Å². The fourth-order valence-corrected chi connectivity index (χ4v) is 4.46. The van der Waals surface area contributed by atoms with Gasteiger partial charge in [-0.3, -0.25) is 0 Å². The van der Waals surface area contributed by atoms with E-state index in [1.165, 1.54) is 0 Å². The fourth-order valence-electron chi connectivity index (χ4n) is 3.74. The van der Waals surface area contributed by atoms with Crippen LogP contribution in [-0.4, -0.2) is 5.11 Å². The van der Waals surface area contributed by atoms with E-state index >= 15 is 0 Å². The van der Waals surface area contributed by atoms with Gasteiger partial charge in [0.2, 0.25) is 0 Å². The van der Waals surface area contributed by atoms with E-state index in [1.54, 1.807) is 0 Å². The van der Waals surface area contributed by atoms with Crippen LogP contribution in [0.4, 0.5) is 0 Å². The molecule has 0 saturated carbocycles. The second-order valence-electron chi connectivity index (χ2n) is 6.47. The summed E-state index contributed by atoms with van der Waals surface area (Å²) in [4.78, 5) is 0. The van der Waals surface area contributed by atoms with Crippen LogP contribution in [0.25, 0.3) is 11.1 Å². The summed E-state index contributed by atoms with van der Waals surface area (Å²) in [6.45, 7) is 4.14. The highest BCUT2D eigenvalue weighted by atomic mass is 79.9. The van der Waals surface area contributed by atoms with Gasteiger partial charge in [-0.1, -0.05) is 73.3 Å². The van der Waals surface area contributed by atoms with Crippen LogP contribution in [0, 0.1) is 13.8 Å². The standard InChI is InChI=1S/C21H16Br2O/c1-12-7-13(2)9-14(8-12)21(24)19-10-15(22)3-5-17(19)18-6-4-16(23)11-20(18)21/h3-11,24H,1-2H3. The van der Waals surface area contributed by atoms with Crippen LogP contribution in [0.3, 0.4) is 0 Å². The average Bonchev–Trinajstić information content (AvgIpc) is 2.76. The van der Waals surface area contributed by atoms with Gasteiger partial charge in [-0.25, -0.2) is 0 Å². The SMILES string of the molecule is Cc1cc(C)cc(C2(O)c3cc(Br)ccc3-c3ccc(Br)cc32)c1. The molecule has 3 aromatic carbocycles. The van der Waals surface area contributed by atoms with Crippen LogP contribution in [0.1, 0.15) is 27.8 Å². The van der Waals surface area contributed by atoms with Gasteiger partial charge in [-0.05, 0) is 54.8 Å². The Bertz CT molecular complexity index is 904. The lowest BCUT2D eigenvalue weighted by atomic mass is 9.83. The molecule has 0 fully saturated rings. The Morgan fingerprint density at radius 1 is 0.708 bits per heavy atom. The minimum absolute atomic E-state index is 0.913. The van der Waals surface area contributed by atoms with Crippen LogP contribution in [0.5, 0.6) is 0 Å². The van der Waals surface area contributed by atoms with Crippen LogP contribution < -0.4 is 0 Å². The number of fused-ring (bicyclic) bond motifs is 3. The maximum Gasteiger partial charge on any atom is 0.141 e. The zero-order chi connectivity index (χ0) is 17.1. The van der Waals surface area contributed by atoms with Gasteiger partial charge in [0, 0.05) is 20.1 Å². The first-order valence-electron chi connectivity index (χ1n) is 7.81. The molecule has 120 valence electrons. The molecule has 0 saturated heterocycles. The van der Waals surface area contributed by atoms with Crippen molar-refractivity contribution in [3.8, 4) is 11.1 Å². The molecule has 4 rings (SSSR count). The monoisotopic (exact) mass is 442 g/mol. The summed E-state index contributed by atoms with van der Waals surface area (Å²) in [6, 6.07) is 18.5. The minimum atomic E-state index is -1.14. The molecule has 0 radical (unpaired) electrons. The third kappa shape index (κ3) is 2.30. The Morgan fingerprint density at radius 3 is 1.62 bits per heavy atom. The smallest absolute Gasteiger partial charge is 0.141 e. The Hall–Kier alpha value is -1.42. The number of aryl methyl sites for hydroxylation is 2. The van der Waals surface area contributed by atoms with Gasteiger partial charge in [0.05, 0.1) is 0 Å². The van der Waals surface area contributed by atoms with Gasteiger partial charge in [0.25, 0.3) is 0 Å². The second-order valence-corrected chi connectivity index (χ2v) is 8.30.